The fraction of sp³-hybridized carbons (Fsp3) is 0.357. The first-order chi connectivity index (χ1) is 9.90. The highest BCUT2D eigenvalue weighted by Crippen LogP contribution is 2.22. The molecular weight excluding hydrogens is 290 g/mol. The van der Waals surface area contributed by atoms with Crippen LogP contribution >= 0.6 is 0 Å². The molecule has 7 heteroatoms. The minimum Gasteiger partial charge on any atom is -0.438 e. The van der Waals surface area contributed by atoms with Gasteiger partial charge in [-0.25, -0.2) is 8.42 Å². The summed E-state index contributed by atoms with van der Waals surface area (Å²) in [6, 6.07) is 8.49. The van der Waals surface area contributed by atoms with Gasteiger partial charge in [0.15, 0.2) is 0 Å². The summed E-state index contributed by atoms with van der Waals surface area (Å²) in [7, 11) is -3.34. The monoisotopic (exact) mass is 309 g/mol. The number of hydrogen-bond acceptors (Lipinski definition) is 4. The van der Waals surface area contributed by atoms with E-state index in [-0.39, 0.29) is 0 Å². The normalized spacial score (nSPS) is 12.9. The summed E-state index contributed by atoms with van der Waals surface area (Å²) in [6.07, 6.45) is 0.565. The molecule has 1 atom stereocenters. The number of ether oxygens (including phenoxy) is 1. The zero-order valence-corrected chi connectivity index (χ0v) is 13.1. The highest BCUT2D eigenvalue weighted by Gasteiger charge is 2.18. The molecule has 1 aromatic heterocycles. The van der Waals surface area contributed by atoms with Gasteiger partial charge in [0.2, 0.25) is 15.9 Å². The molecule has 0 spiro atoms. The van der Waals surface area contributed by atoms with Gasteiger partial charge in [0, 0.05) is 17.4 Å². The van der Waals surface area contributed by atoms with E-state index in [1.165, 1.54) is 0 Å². The summed E-state index contributed by atoms with van der Waals surface area (Å²) in [5, 5.41) is 6.32. The molecule has 2 N–H and O–H groups in total. The van der Waals surface area contributed by atoms with Crippen molar-refractivity contribution in [1.29, 1.82) is 0 Å². The molecule has 1 heterocycles. The molecule has 114 valence electrons. The molecule has 0 radical (unpaired) electrons. The van der Waals surface area contributed by atoms with Gasteiger partial charge in [0.05, 0.1) is 5.25 Å². The average Bonchev–Trinajstić information content (AvgIpc) is 2.85. The molecular formula is C14H19N3O3S. The van der Waals surface area contributed by atoms with E-state index >= 15 is 0 Å². The molecule has 0 aliphatic carbocycles. The molecule has 0 fully saturated rings. The summed E-state index contributed by atoms with van der Waals surface area (Å²) < 4.78 is 32.0. The largest absolute Gasteiger partial charge is 0.438 e. The van der Waals surface area contributed by atoms with Crippen LogP contribution in [0.1, 0.15) is 26.0 Å². The van der Waals surface area contributed by atoms with E-state index in [0.29, 0.717) is 23.7 Å². The lowest BCUT2D eigenvalue weighted by molar-refractivity contribution is 0.461. The van der Waals surface area contributed by atoms with Gasteiger partial charge in [-0.2, -0.15) is 0 Å². The molecule has 0 saturated carbocycles. The van der Waals surface area contributed by atoms with Gasteiger partial charge in [-0.1, -0.05) is 6.92 Å². The van der Waals surface area contributed by atoms with Gasteiger partial charge in [-0.3, -0.25) is 9.82 Å². The lowest BCUT2D eigenvalue weighted by Gasteiger charge is -2.13. The minimum absolute atomic E-state index is 0.430. The van der Waals surface area contributed by atoms with Crippen LogP contribution in [-0.2, 0) is 10.0 Å². The number of aryl methyl sites for hydroxylation is 1. The van der Waals surface area contributed by atoms with Gasteiger partial charge in [-0.15, -0.1) is 5.10 Å². The van der Waals surface area contributed by atoms with Crippen LogP contribution in [0, 0.1) is 6.92 Å². The Labute approximate surface area is 124 Å². The highest BCUT2D eigenvalue weighted by molar-refractivity contribution is 7.93. The number of H-pyrrole nitrogens is 1. The van der Waals surface area contributed by atoms with Crippen LogP contribution in [0.5, 0.6) is 11.6 Å². The van der Waals surface area contributed by atoms with Crippen molar-refractivity contribution in [2.45, 2.75) is 32.4 Å². The molecule has 1 aromatic carbocycles. The Morgan fingerprint density at radius 2 is 2.00 bits per heavy atom. The predicted octanol–water partition coefficient (Wildman–Crippen LogP) is 3.05. The zero-order chi connectivity index (χ0) is 15.5. The summed E-state index contributed by atoms with van der Waals surface area (Å²) >= 11 is 0. The summed E-state index contributed by atoms with van der Waals surface area (Å²) in [4.78, 5) is 0. The zero-order valence-electron chi connectivity index (χ0n) is 12.3. The Hall–Kier alpha value is -2.02. The summed E-state index contributed by atoms with van der Waals surface area (Å²) in [5.41, 5.74) is 1.42. The van der Waals surface area contributed by atoms with E-state index in [2.05, 4.69) is 14.9 Å². The molecule has 0 aliphatic rings. The smallest absolute Gasteiger partial charge is 0.238 e. The molecule has 21 heavy (non-hydrogen) atoms. The number of nitrogens with zero attached hydrogens (tertiary/aromatic N) is 1. The van der Waals surface area contributed by atoms with Crippen molar-refractivity contribution in [2.75, 3.05) is 4.72 Å². The molecule has 1 unspecified atom stereocenters. The van der Waals surface area contributed by atoms with E-state index in [1.807, 2.05) is 13.8 Å². The Morgan fingerprint density at radius 3 is 2.52 bits per heavy atom. The fourth-order valence-corrected chi connectivity index (χ4v) is 2.75. The van der Waals surface area contributed by atoms with Gasteiger partial charge >= 0.3 is 0 Å². The number of anilines is 1. The quantitative estimate of drug-likeness (QED) is 0.859. The second-order valence-electron chi connectivity index (χ2n) is 4.88. The topological polar surface area (TPSA) is 84.1 Å². The first-order valence-corrected chi connectivity index (χ1v) is 8.27. The van der Waals surface area contributed by atoms with Crippen molar-refractivity contribution >= 4 is 15.7 Å². The molecule has 0 aliphatic heterocycles. The number of aromatic amines is 1. The summed E-state index contributed by atoms with van der Waals surface area (Å²) in [5.74, 6) is 1.06. The van der Waals surface area contributed by atoms with Crippen LogP contribution in [-0.4, -0.2) is 23.9 Å². The Bertz CT molecular complexity index is 693. The van der Waals surface area contributed by atoms with E-state index < -0.39 is 15.3 Å². The van der Waals surface area contributed by atoms with Crippen molar-refractivity contribution in [2.24, 2.45) is 0 Å². The second-order valence-corrected chi connectivity index (χ2v) is 6.98. The van der Waals surface area contributed by atoms with Crippen LogP contribution in [0.3, 0.4) is 0 Å². The molecule has 0 amide bonds. The van der Waals surface area contributed by atoms with E-state index in [9.17, 15) is 8.42 Å². The number of hydrogen-bond donors (Lipinski definition) is 2. The fourth-order valence-electron chi connectivity index (χ4n) is 1.64. The summed E-state index contributed by atoms with van der Waals surface area (Å²) in [6.45, 7) is 5.40. The highest BCUT2D eigenvalue weighted by atomic mass is 32.2. The minimum atomic E-state index is -3.34. The third-order valence-electron chi connectivity index (χ3n) is 3.12. The maximum Gasteiger partial charge on any atom is 0.238 e. The van der Waals surface area contributed by atoms with Crippen molar-refractivity contribution < 1.29 is 13.2 Å². The predicted molar refractivity (Wildman–Crippen MR) is 82.1 cm³/mol. The van der Waals surface area contributed by atoms with E-state index in [1.54, 1.807) is 37.3 Å². The number of rotatable bonds is 6. The number of aromatic nitrogens is 2. The van der Waals surface area contributed by atoms with Crippen molar-refractivity contribution in [3.05, 3.63) is 36.0 Å². The first kappa shape index (κ1) is 15.4. The molecule has 0 saturated heterocycles. The SMILES string of the molecule is CCC(C)S(=O)(=O)Nc1ccc(Oc2cc(C)[nH]n2)cc1. The molecule has 2 rings (SSSR count). The van der Waals surface area contributed by atoms with Crippen LogP contribution in [0.25, 0.3) is 0 Å². The van der Waals surface area contributed by atoms with Gasteiger partial charge in [0.25, 0.3) is 0 Å². The first-order valence-electron chi connectivity index (χ1n) is 6.72. The third kappa shape index (κ3) is 3.98. The van der Waals surface area contributed by atoms with Gasteiger partial charge in [-0.05, 0) is 44.5 Å². The molecule has 2 aromatic rings. The number of sulfonamides is 1. The van der Waals surface area contributed by atoms with Crippen LogP contribution in [0.4, 0.5) is 5.69 Å². The third-order valence-corrected chi connectivity index (χ3v) is 5.04. The number of nitrogens with one attached hydrogen (secondary N) is 2. The lowest BCUT2D eigenvalue weighted by atomic mass is 10.3. The second kappa shape index (κ2) is 6.17. The molecule has 6 nitrogen and oxygen atoms in total. The van der Waals surface area contributed by atoms with Crippen LogP contribution < -0.4 is 9.46 Å². The van der Waals surface area contributed by atoms with E-state index in [0.717, 1.165) is 5.69 Å². The van der Waals surface area contributed by atoms with Crippen molar-refractivity contribution in [1.82, 2.24) is 10.2 Å². The van der Waals surface area contributed by atoms with Crippen molar-refractivity contribution in [3.8, 4) is 11.6 Å². The average molecular weight is 309 g/mol. The van der Waals surface area contributed by atoms with Crippen molar-refractivity contribution in [3.63, 3.8) is 0 Å². The molecule has 0 bridgehead atoms. The Balaban J connectivity index is 2.05. The lowest BCUT2D eigenvalue weighted by Crippen LogP contribution is -2.24. The maximum absolute atomic E-state index is 12.0. The Kier molecular flexibility index (Phi) is 4.52. The number of benzene rings is 1. The van der Waals surface area contributed by atoms with Crippen LogP contribution in [0.2, 0.25) is 0 Å². The standard InChI is InChI=1S/C14H19N3O3S/c1-4-11(3)21(18,19)17-12-5-7-13(8-6-12)20-14-9-10(2)15-16-14/h5-9,11,17H,4H2,1-3H3,(H,15,16). The van der Waals surface area contributed by atoms with Gasteiger partial charge in [0.1, 0.15) is 5.75 Å². The Morgan fingerprint density at radius 1 is 1.33 bits per heavy atom. The van der Waals surface area contributed by atoms with E-state index in [4.69, 9.17) is 4.74 Å². The van der Waals surface area contributed by atoms with Crippen LogP contribution in [0.15, 0.2) is 30.3 Å². The van der Waals surface area contributed by atoms with Gasteiger partial charge < -0.3 is 4.74 Å². The maximum atomic E-state index is 12.0.